The van der Waals surface area contributed by atoms with Crippen LogP contribution in [-0.2, 0) is 19.6 Å². The van der Waals surface area contributed by atoms with Gasteiger partial charge in [0.1, 0.15) is 0 Å². The largest absolute Gasteiger partial charge is 0.396 e. The number of hydrogen-bond donors (Lipinski definition) is 2. The Bertz CT molecular complexity index is 1490. The zero-order valence-electron chi connectivity index (χ0n) is 20.6. The van der Waals surface area contributed by atoms with Crippen molar-refractivity contribution in [1.82, 2.24) is 24.0 Å². The first-order valence-corrected chi connectivity index (χ1v) is 13.7. The lowest BCUT2D eigenvalue weighted by molar-refractivity contribution is 0.277. The van der Waals surface area contributed by atoms with Crippen LogP contribution in [0.5, 0.6) is 0 Å². The zero-order valence-corrected chi connectivity index (χ0v) is 22.8. The Kier molecular flexibility index (Phi) is 8.06. The molecule has 0 spiro atoms. The molecule has 194 valence electrons. The molecule has 3 heterocycles. The van der Waals surface area contributed by atoms with E-state index in [-0.39, 0.29) is 18.7 Å². The quantitative estimate of drug-likeness (QED) is 0.296. The van der Waals surface area contributed by atoms with Gasteiger partial charge in [0.05, 0.1) is 13.1 Å². The Morgan fingerprint density at radius 3 is 2.49 bits per heavy atom. The Morgan fingerprint density at radius 2 is 1.70 bits per heavy atom. The molecule has 1 fully saturated rings. The molecule has 0 saturated carbocycles. The standard InChI is InChI=1S/C27H31IN6O3/c28-22-11-5-4-10-21(22)19-33-23-24(30-26(33)31-14-6-12-29-13-16-31)34(18-20-8-2-1-3-9-20)27(37)32(25(23)36)15-7-17-35/h1-5,8-11,29,35H,6-7,12-19H2. The van der Waals surface area contributed by atoms with Crippen LogP contribution in [0.4, 0.5) is 5.95 Å². The van der Waals surface area contributed by atoms with Gasteiger partial charge in [0.2, 0.25) is 5.95 Å². The fraction of sp³-hybridized carbons (Fsp3) is 0.370. The summed E-state index contributed by atoms with van der Waals surface area (Å²) in [4.78, 5) is 34.8. The second kappa shape index (κ2) is 11.6. The molecule has 0 aliphatic carbocycles. The predicted octanol–water partition coefficient (Wildman–Crippen LogP) is 2.24. The van der Waals surface area contributed by atoms with E-state index in [1.54, 1.807) is 4.57 Å². The second-order valence-electron chi connectivity index (χ2n) is 9.24. The van der Waals surface area contributed by atoms with Gasteiger partial charge in [-0.2, -0.15) is 4.98 Å². The molecule has 5 rings (SSSR count). The van der Waals surface area contributed by atoms with Crippen molar-refractivity contribution in [3.05, 3.63) is 90.1 Å². The van der Waals surface area contributed by atoms with Gasteiger partial charge in [-0.05, 0) is 59.2 Å². The van der Waals surface area contributed by atoms with Crippen LogP contribution >= 0.6 is 22.6 Å². The van der Waals surface area contributed by atoms with Gasteiger partial charge < -0.3 is 15.3 Å². The lowest BCUT2D eigenvalue weighted by Gasteiger charge is -2.22. The van der Waals surface area contributed by atoms with Crippen LogP contribution in [0, 0.1) is 3.57 Å². The number of aliphatic hydroxyl groups is 1. The molecule has 1 saturated heterocycles. The number of aromatic nitrogens is 4. The monoisotopic (exact) mass is 614 g/mol. The second-order valence-corrected chi connectivity index (χ2v) is 10.4. The molecular formula is C27H31IN6O3. The molecule has 4 aromatic rings. The van der Waals surface area contributed by atoms with Crippen molar-refractivity contribution in [1.29, 1.82) is 0 Å². The van der Waals surface area contributed by atoms with Crippen molar-refractivity contribution >= 4 is 39.7 Å². The smallest absolute Gasteiger partial charge is 0.333 e. The number of fused-ring (bicyclic) bond motifs is 1. The molecule has 0 unspecified atom stereocenters. The molecule has 2 N–H and O–H groups in total. The first-order valence-electron chi connectivity index (χ1n) is 12.7. The molecule has 0 atom stereocenters. The van der Waals surface area contributed by atoms with Gasteiger partial charge in [-0.25, -0.2) is 4.79 Å². The van der Waals surface area contributed by atoms with Crippen LogP contribution in [0.3, 0.4) is 0 Å². The molecule has 2 aromatic heterocycles. The highest BCUT2D eigenvalue weighted by Gasteiger charge is 2.25. The van der Waals surface area contributed by atoms with E-state index >= 15 is 0 Å². The average Bonchev–Trinajstić information content (AvgIpc) is 3.08. The van der Waals surface area contributed by atoms with Crippen LogP contribution in [0.1, 0.15) is 24.0 Å². The van der Waals surface area contributed by atoms with Gasteiger partial charge in [-0.15, -0.1) is 0 Å². The molecule has 0 bridgehead atoms. The first-order chi connectivity index (χ1) is 18.1. The Labute approximate surface area is 228 Å². The number of anilines is 1. The van der Waals surface area contributed by atoms with Crippen LogP contribution in [-0.4, -0.2) is 56.6 Å². The van der Waals surface area contributed by atoms with Gasteiger partial charge in [-0.1, -0.05) is 48.5 Å². The highest BCUT2D eigenvalue weighted by Crippen LogP contribution is 2.24. The number of aliphatic hydroxyl groups excluding tert-OH is 1. The van der Waals surface area contributed by atoms with E-state index in [2.05, 4.69) is 44.9 Å². The minimum absolute atomic E-state index is 0.101. The van der Waals surface area contributed by atoms with Crippen molar-refractivity contribution in [3.63, 3.8) is 0 Å². The number of nitrogens with one attached hydrogen (secondary N) is 1. The third-order valence-electron chi connectivity index (χ3n) is 6.73. The summed E-state index contributed by atoms with van der Waals surface area (Å²) in [5, 5.41) is 12.9. The third-order valence-corrected chi connectivity index (χ3v) is 7.78. The molecule has 2 aromatic carbocycles. The maximum atomic E-state index is 13.9. The van der Waals surface area contributed by atoms with E-state index < -0.39 is 5.69 Å². The third kappa shape index (κ3) is 5.36. The summed E-state index contributed by atoms with van der Waals surface area (Å²) >= 11 is 2.32. The van der Waals surface area contributed by atoms with E-state index in [1.807, 2.05) is 47.0 Å². The molecule has 9 nitrogen and oxygen atoms in total. The Hall–Kier alpha value is -2.96. The number of hydrogen-bond acceptors (Lipinski definition) is 6. The normalized spacial score (nSPS) is 14.3. The fourth-order valence-corrected chi connectivity index (χ4v) is 5.41. The number of halogens is 1. The van der Waals surface area contributed by atoms with E-state index in [1.165, 1.54) is 4.57 Å². The van der Waals surface area contributed by atoms with Gasteiger partial charge in [-0.3, -0.25) is 18.5 Å². The van der Waals surface area contributed by atoms with E-state index in [0.717, 1.165) is 47.3 Å². The summed E-state index contributed by atoms with van der Waals surface area (Å²) in [7, 11) is 0. The van der Waals surface area contributed by atoms with Crippen molar-refractivity contribution in [2.75, 3.05) is 37.7 Å². The highest BCUT2D eigenvalue weighted by molar-refractivity contribution is 14.1. The first kappa shape index (κ1) is 25.7. The minimum Gasteiger partial charge on any atom is -0.396 e. The Balaban J connectivity index is 1.78. The molecule has 10 heteroatoms. The number of rotatable bonds is 8. The molecule has 0 amide bonds. The predicted molar refractivity (Wildman–Crippen MR) is 153 cm³/mol. The van der Waals surface area contributed by atoms with Gasteiger partial charge in [0.15, 0.2) is 11.2 Å². The lowest BCUT2D eigenvalue weighted by Crippen LogP contribution is -2.41. The van der Waals surface area contributed by atoms with Gasteiger partial charge in [0.25, 0.3) is 5.56 Å². The topological polar surface area (TPSA) is 97.3 Å². The summed E-state index contributed by atoms with van der Waals surface area (Å²) in [6.45, 7) is 4.14. The number of imidazole rings is 1. The summed E-state index contributed by atoms with van der Waals surface area (Å²) in [5.74, 6) is 0.705. The van der Waals surface area contributed by atoms with Crippen LogP contribution in [0.25, 0.3) is 11.2 Å². The van der Waals surface area contributed by atoms with E-state index in [0.29, 0.717) is 36.6 Å². The Morgan fingerprint density at radius 1 is 0.919 bits per heavy atom. The van der Waals surface area contributed by atoms with Crippen molar-refractivity contribution < 1.29 is 5.11 Å². The van der Waals surface area contributed by atoms with Gasteiger partial charge >= 0.3 is 5.69 Å². The number of benzene rings is 2. The molecule has 0 radical (unpaired) electrons. The van der Waals surface area contributed by atoms with Crippen LogP contribution in [0.2, 0.25) is 0 Å². The van der Waals surface area contributed by atoms with Gasteiger partial charge in [0, 0.05) is 36.4 Å². The summed E-state index contributed by atoms with van der Waals surface area (Å²) in [6, 6.07) is 17.8. The van der Waals surface area contributed by atoms with Crippen molar-refractivity contribution in [2.24, 2.45) is 0 Å². The molecule has 37 heavy (non-hydrogen) atoms. The average molecular weight is 614 g/mol. The summed E-state index contributed by atoms with van der Waals surface area (Å²) < 4.78 is 5.94. The zero-order chi connectivity index (χ0) is 25.8. The minimum atomic E-state index is -0.405. The number of nitrogens with zero attached hydrogens (tertiary/aromatic N) is 5. The summed E-state index contributed by atoms with van der Waals surface area (Å²) in [6.07, 6.45) is 1.28. The van der Waals surface area contributed by atoms with E-state index in [4.69, 9.17) is 4.98 Å². The van der Waals surface area contributed by atoms with Crippen molar-refractivity contribution in [3.8, 4) is 0 Å². The molecule has 1 aliphatic rings. The summed E-state index contributed by atoms with van der Waals surface area (Å²) in [5.41, 5.74) is 2.08. The highest BCUT2D eigenvalue weighted by atomic mass is 127. The maximum Gasteiger partial charge on any atom is 0.333 e. The van der Waals surface area contributed by atoms with E-state index in [9.17, 15) is 14.7 Å². The SMILES string of the molecule is O=c1c2c(nc(N3CCCNCC3)n2Cc2ccccc2I)n(Cc2ccccc2)c(=O)n1CCCO. The van der Waals surface area contributed by atoms with Crippen LogP contribution in [0.15, 0.2) is 64.2 Å². The van der Waals surface area contributed by atoms with Crippen molar-refractivity contribution in [2.45, 2.75) is 32.5 Å². The lowest BCUT2D eigenvalue weighted by atomic mass is 10.2. The fourth-order valence-electron chi connectivity index (χ4n) is 4.85. The molecule has 1 aliphatic heterocycles. The maximum absolute atomic E-state index is 13.9. The van der Waals surface area contributed by atoms with Crippen LogP contribution < -0.4 is 21.5 Å². The molecular weight excluding hydrogens is 583 g/mol.